The van der Waals surface area contributed by atoms with Crippen LogP contribution in [0.15, 0.2) is 66.7 Å². The molecule has 1 atom stereocenters. The van der Waals surface area contributed by atoms with Crippen LogP contribution in [0.2, 0.25) is 0 Å². The molecule has 4 rings (SSSR count). The minimum Gasteiger partial charge on any atom is -0.444 e. The van der Waals surface area contributed by atoms with Gasteiger partial charge in [-0.15, -0.1) is 0 Å². The Labute approximate surface area is 265 Å². The third kappa shape index (κ3) is 8.16. The summed E-state index contributed by atoms with van der Waals surface area (Å²) in [5, 5.41) is 17.3. The molecule has 3 aromatic carbocycles. The number of amides is 3. The molecular formula is C34H39F3N4O5. The number of carbonyl (C=O) groups excluding carboxylic acids is 3. The summed E-state index contributed by atoms with van der Waals surface area (Å²) in [5.41, 5.74) is 3.52. The second-order valence-electron chi connectivity index (χ2n) is 12.5. The number of nitrogens with two attached hydrogens (primary N) is 1. The van der Waals surface area contributed by atoms with E-state index in [1.54, 1.807) is 57.2 Å². The fourth-order valence-electron chi connectivity index (χ4n) is 5.55. The molecule has 1 aliphatic rings. The number of piperidine rings is 1. The Balaban J connectivity index is 1.65. The zero-order valence-corrected chi connectivity index (χ0v) is 26.2. The molecule has 3 amide bonds. The van der Waals surface area contributed by atoms with Crippen molar-refractivity contribution in [1.82, 2.24) is 10.2 Å². The Bertz CT molecular complexity index is 1600. The summed E-state index contributed by atoms with van der Waals surface area (Å²) in [6.07, 6.45) is -4.93. The highest BCUT2D eigenvalue weighted by atomic mass is 19.4. The van der Waals surface area contributed by atoms with Gasteiger partial charge in [0.15, 0.2) is 0 Å². The molecule has 246 valence electrons. The number of anilines is 2. The van der Waals surface area contributed by atoms with Crippen LogP contribution in [-0.2, 0) is 22.1 Å². The van der Waals surface area contributed by atoms with Crippen LogP contribution < -0.4 is 16.4 Å². The van der Waals surface area contributed by atoms with E-state index in [4.69, 9.17) is 10.5 Å². The van der Waals surface area contributed by atoms with Crippen LogP contribution in [0.4, 0.5) is 29.3 Å². The molecular weight excluding hydrogens is 601 g/mol. The van der Waals surface area contributed by atoms with E-state index in [9.17, 15) is 32.7 Å². The molecule has 46 heavy (non-hydrogen) atoms. The van der Waals surface area contributed by atoms with Crippen LogP contribution >= 0.6 is 0 Å². The summed E-state index contributed by atoms with van der Waals surface area (Å²) in [6.45, 7) is 5.68. The highest BCUT2D eigenvalue weighted by Gasteiger charge is 2.46. The zero-order valence-electron chi connectivity index (χ0n) is 26.2. The SMILES string of the molecule is CNC(=O)c1cccc(-c2cccc(CC(O)(C(=O)Nc3ccc(N)c(C(F)(F)F)c3)C3CCN(C(=O)OC(C)(C)C)CC3)c2)c1. The predicted octanol–water partition coefficient (Wildman–Crippen LogP) is 5.87. The molecule has 3 aromatic rings. The topological polar surface area (TPSA) is 134 Å². The maximum absolute atomic E-state index is 13.9. The fraction of sp³-hybridized carbons (Fsp3) is 0.382. The molecule has 0 spiro atoms. The van der Waals surface area contributed by atoms with Gasteiger partial charge in [0.2, 0.25) is 0 Å². The molecule has 0 bridgehead atoms. The quantitative estimate of drug-likeness (QED) is 0.239. The number of hydrogen-bond donors (Lipinski definition) is 4. The number of alkyl halides is 3. The molecule has 0 radical (unpaired) electrons. The predicted molar refractivity (Wildman–Crippen MR) is 169 cm³/mol. The summed E-state index contributed by atoms with van der Waals surface area (Å²) in [7, 11) is 1.54. The lowest BCUT2D eigenvalue weighted by Gasteiger charge is -2.41. The maximum atomic E-state index is 13.9. The van der Waals surface area contributed by atoms with Crippen LogP contribution in [0.5, 0.6) is 0 Å². The van der Waals surface area contributed by atoms with E-state index < -0.39 is 46.5 Å². The van der Waals surface area contributed by atoms with Gasteiger partial charge in [0.1, 0.15) is 11.2 Å². The van der Waals surface area contributed by atoms with Crippen molar-refractivity contribution < 1.29 is 37.4 Å². The van der Waals surface area contributed by atoms with Gasteiger partial charge in [0.25, 0.3) is 11.8 Å². The van der Waals surface area contributed by atoms with E-state index in [2.05, 4.69) is 10.6 Å². The summed E-state index contributed by atoms with van der Waals surface area (Å²) in [6, 6.07) is 17.1. The summed E-state index contributed by atoms with van der Waals surface area (Å²) in [4.78, 5) is 40.2. The monoisotopic (exact) mass is 640 g/mol. The van der Waals surface area contributed by atoms with Gasteiger partial charge < -0.3 is 31.1 Å². The molecule has 0 aromatic heterocycles. The van der Waals surface area contributed by atoms with Gasteiger partial charge in [-0.05, 0) is 80.6 Å². The lowest BCUT2D eigenvalue weighted by Crippen LogP contribution is -2.55. The van der Waals surface area contributed by atoms with Crippen molar-refractivity contribution in [2.24, 2.45) is 5.92 Å². The third-order valence-corrected chi connectivity index (χ3v) is 7.92. The number of nitrogens with one attached hydrogen (secondary N) is 2. The van der Waals surface area contributed by atoms with E-state index in [-0.39, 0.29) is 43.9 Å². The van der Waals surface area contributed by atoms with Crippen molar-refractivity contribution in [2.75, 3.05) is 31.2 Å². The number of benzene rings is 3. The number of nitrogen functional groups attached to an aromatic ring is 1. The van der Waals surface area contributed by atoms with Crippen LogP contribution in [-0.4, -0.2) is 59.3 Å². The Morgan fingerprint density at radius 1 is 0.957 bits per heavy atom. The molecule has 0 saturated carbocycles. The Hall–Kier alpha value is -4.58. The molecule has 12 heteroatoms. The molecule has 1 unspecified atom stereocenters. The van der Waals surface area contributed by atoms with Gasteiger partial charge in [0, 0.05) is 49.4 Å². The van der Waals surface area contributed by atoms with E-state index in [1.165, 1.54) is 18.0 Å². The average Bonchev–Trinajstić information content (AvgIpc) is 3.00. The molecule has 1 heterocycles. The lowest BCUT2D eigenvalue weighted by molar-refractivity contribution is -0.142. The summed E-state index contributed by atoms with van der Waals surface area (Å²) >= 11 is 0. The number of carbonyl (C=O) groups is 3. The number of likely N-dealkylation sites (tertiary alicyclic amines) is 1. The summed E-state index contributed by atoms with van der Waals surface area (Å²) in [5.74, 6) is -1.78. The van der Waals surface area contributed by atoms with Gasteiger partial charge >= 0.3 is 12.3 Å². The lowest BCUT2D eigenvalue weighted by atomic mass is 9.76. The molecule has 5 N–H and O–H groups in total. The first-order valence-electron chi connectivity index (χ1n) is 14.9. The van der Waals surface area contributed by atoms with Crippen LogP contribution in [0.1, 0.15) is 55.1 Å². The van der Waals surface area contributed by atoms with E-state index in [0.29, 0.717) is 11.1 Å². The van der Waals surface area contributed by atoms with E-state index in [1.807, 2.05) is 12.1 Å². The standard InChI is InChI=1S/C34H39F3N4O5/c1-32(2,3)46-31(44)41-15-13-25(14-16-41)33(45,30(43)40-26-11-12-28(38)27(19-26)34(35,36)37)20-21-7-5-8-22(17-21)23-9-6-10-24(18-23)29(42)39-4/h5-12,17-19,25,45H,13-16,20,38H2,1-4H3,(H,39,42)(H,40,43). The van der Waals surface area contributed by atoms with Crippen LogP contribution in [0.3, 0.4) is 0 Å². The van der Waals surface area contributed by atoms with Gasteiger partial charge in [-0.2, -0.15) is 13.2 Å². The van der Waals surface area contributed by atoms with Gasteiger partial charge in [0.05, 0.1) is 5.56 Å². The van der Waals surface area contributed by atoms with E-state index >= 15 is 0 Å². The van der Waals surface area contributed by atoms with Gasteiger partial charge in [-0.25, -0.2) is 4.79 Å². The number of halogens is 3. The summed E-state index contributed by atoms with van der Waals surface area (Å²) < 4.78 is 46.1. The third-order valence-electron chi connectivity index (χ3n) is 7.92. The normalized spacial score (nSPS) is 15.5. The molecule has 1 aliphatic heterocycles. The Morgan fingerprint density at radius 2 is 1.59 bits per heavy atom. The highest BCUT2D eigenvalue weighted by molar-refractivity contribution is 5.98. The first kappa shape index (κ1) is 34.3. The fourth-order valence-corrected chi connectivity index (χ4v) is 5.55. The zero-order chi connectivity index (χ0) is 33.9. The van der Waals surface area contributed by atoms with Gasteiger partial charge in [-0.3, -0.25) is 9.59 Å². The number of rotatable bonds is 7. The second kappa shape index (κ2) is 13.4. The first-order valence-corrected chi connectivity index (χ1v) is 14.9. The van der Waals surface area contributed by atoms with Crippen molar-refractivity contribution in [2.45, 2.75) is 57.4 Å². The van der Waals surface area contributed by atoms with Crippen molar-refractivity contribution in [3.8, 4) is 11.1 Å². The number of nitrogens with zero attached hydrogens (tertiary/aromatic N) is 1. The largest absolute Gasteiger partial charge is 0.444 e. The Morgan fingerprint density at radius 3 is 2.20 bits per heavy atom. The molecule has 1 saturated heterocycles. The molecule has 9 nitrogen and oxygen atoms in total. The number of aliphatic hydroxyl groups is 1. The minimum atomic E-state index is -4.74. The Kier molecular flexibility index (Phi) is 10.0. The van der Waals surface area contributed by atoms with Gasteiger partial charge in [-0.1, -0.05) is 36.4 Å². The second-order valence-corrected chi connectivity index (χ2v) is 12.5. The van der Waals surface area contributed by atoms with Crippen molar-refractivity contribution in [3.05, 3.63) is 83.4 Å². The number of hydrogen-bond acceptors (Lipinski definition) is 6. The minimum absolute atomic E-state index is 0.167. The maximum Gasteiger partial charge on any atom is 0.418 e. The number of ether oxygens (including phenoxy) is 1. The van der Waals surface area contributed by atoms with Crippen LogP contribution in [0, 0.1) is 5.92 Å². The smallest absolute Gasteiger partial charge is 0.418 e. The highest BCUT2D eigenvalue weighted by Crippen LogP contribution is 2.37. The van der Waals surface area contributed by atoms with E-state index in [0.717, 1.165) is 23.3 Å². The first-order chi connectivity index (χ1) is 21.5. The molecule has 1 fully saturated rings. The molecule has 0 aliphatic carbocycles. The van der Waals surface area contributed by atoms with Crippen molar-refractivity contribution >= 4 is 29.3 Å². The van der Waals surface area contributed by atoms with Crippen molar-refractivity contribution in [1.29, 1.82) is 0 Å². The van der Waals surface area contributed by atoms with Crippen molar-refractivity contribution in [3.63, 3.8) is 0 Å². The average molecular weight is 641 g/mol. The van der Waals surface area contributed by atoms with Crippen LogP contribution in [0.25, 0.3) is 11.1 Å².